The van der Waals surface area contributed by atoms with Crippen molar-refractivity contribution in [2.75, 3.05) is 6.61 Å². The lowest BCUT2D eigenvalue weighted by atomic mass is 9.86. The van der Waals surface area contributed by atoms with Crippen LogP contribution in [-0.2, 0) is 4.74 Å². The number of para-hydroxylation sites is 1. The van der Waals surface area contributed by atoms with Crippen molar-refractivity contribution in [3.05, 3.63) is 72.1 Å². The number of pyridine rings is 1. The van der Waals surface area contributed by atoms with Crippen molar-refractivity contribution in [3.63, 3.8) is 0 Å². The zero-order valence-corrected chi connectivity index (χ0v) is 14.2. The molecule has 4 rings (SSSR count). The number of rotatable bonds is 4. The van der Waals surface area contributed by atoms with Gasteiger partial charge in [0.2, 0.25) is 0 Å². The van der Waals surface area contributed by atoms with Gasteiger partial charge in [0.1, 0.15) is 5.56 Å². The number of imidazole rings is 1. The Bertz CT molecular complexity index is 998. The number of ether oxygens (including phenoxy) is 1. The Balaban J connectivity index is 2.04. The highest BCUT2D eigenvalue weighted by Gasteiger charge is 2.26. The molecule has 0 radical (unpaired) electrons. The van der Waals surface area contributed by atoms with Gasteiger partial charge in [-0.15, -0.1) is 0 Å². The summed E-state index contributed by atoms with van der Waals surface area (Å²) in [5.41, 5.74) is 3.32. The van der Waals surface area contributed by atoms with Gasteiger partial charge in [0.15, 0.2) is 5.65 Å². The van der Waals surface area contributed by atoms with Crippen LogP contribution in [-0.4, -0.2) is 22.0 Å². The Hall–Kier alpha value is -2.88. The van der Waals surface area contributed by atoms with E-state index in [1.165, 1.54) is 0 Å². The average molecular weight is 332 g/mol. The molecule has 4 heteroatoms. The van der Waals surface area contributed by atoms with Crippen molar-refractivity contribution < 1.29 is 9.53 Å². The molecule has 3 aromatic rings. The number of carbonyl (C=O) groups is 1. The van der Waals surface area contributed by atoms with E-state index in [0.717, 1.165) is 29.3 Å². The topological polar surface area (TPSA) is 43.6 Å². The van der Waals surface area contributed by atoms with Crippen LogP contribution in [0, 0.1) is 0 Å². The molecule has 0 N–H and O–H groups in total. The van der Waals surface area contributed by atoms with Crippen molar-refractivity contribution in [2.24, 2.45) is 0 Å². The molecule has 0 saturated carbocycles. The molecular weight excluding hydrogens is 312 g/mol. The van der Waals surface area contributed by atoms with Crippen LogP contribution < -0.4 is 0 Å². The fourth-order valence-corrected chi connectivity index (χ4v) is 3.50. The van der Waals surface area contributed by atoms with Crippen molar-refractivity contribution in [1.29, 1.82) is 0 Å². The van der Waals surface area contributed by atoms with Crippen LogP contribution in [0.5, 0.6) is 0 Å². The number of hydrogen-bond acceptors (Lipinski definition) is 3. The van der Waals surface area contributed by atoms with Gasteiger partial charge in [-0.3, -0.25) is 4.40 Å². The predicted octanol–water partition coefficient (Wildman–Crippen LogP) is 4.65. The highest BCUT2D eigenvalue weighted by molar-refractivity contribution is 6.04. The summed E-state index contributed by atoms with van der Waals surface area (Å²) in [5, 5.41) is 1.07. The predicted molar refractivity (Wildman–Crippen MR) is 98.9 cm³/mol. The fraction of sp³-hybridized carbons (Fsp3) is 0.238. The molecule has 1 aliphatic rings. The average Bonchev–Trinajstić information content (AvgIpc) is 3.15. The first-order valence-electron chi connectivity index (χ1n) is 8.69. The van der Waals surface area contributed by atoms with Gasteiger partial charge in [-0.25, -0.2) is 9.78 Å². The largest absolute Gasteiger partial charge is 0.462 e. The van der Waals surface area contributed by atoms with E-state index in [0.29, 0.717) is 17.8 Å². The lowest BCUT2D eigenvalue weighted by Gasteiger charge is -2.21. The van der Waals surface area contributed by atoms with E-state index in [1.54, 1.807) is 6.20 Å². The molecule has 0 amide bonds. The summed E-state index contributed by atoms with van der Waals surface area (Å²) in [6.45, 7) is 2.41. The van der Waals surface area contributed by atoms with Gasteiger partial charge in [0, 0.05) is 23.7 Å². The molecule has 1 aromatic carbocycles. The number of allylic oxidation sites excluding steroid dienone is 4. The molecule has 2 heterocycles. The maximum Gasteiger partial charge on any atom is 0.342 e. The molecule has 1 aliphatic carbocycles. The zero-order chi connectivity index (χ0) is 17.2. The van der Waals surface area contributed by atoms with Crippen LogP contribution in [0.3, 0.4) is 0 Å². The Kier molecular flexibility index (Phi) is 4.10. The van der Waals surface area contributed by atoms with Crippen LogP contribution in [0.4, 0.5) is 0 Å². The fourth-order valence-electron chi connectivity index (χ4n) is 3.50. The number of fused-ring (bicyclic) bond motifs is 3. The molecule has 0 fully saturated rings. The van der Waals surface area contributed by atoms with Gasteiger partial charge in [-0.2, -0.15) is 0 Å². The lowest BCUT2D eigenvalue weighted by molar-refractivity contribution is 0.0505. The number of carbonyl (C=O) groups excluding carboxylic acids is 1. The van der Waals surface area contributed by atoms with Gasteiger partial charge >= 0.3 is 5.97 Å². The van der Waals surface area contributed by atoms with Gasteiger partial charge in [0.05, 0.1) is 12.1 Å². The third-order valence-corrected chi connectivity index (χ3v) is 4.58. The van der Waals surface area contributed by atoms with Crippen LogP contribution in [0.25, 0.3) is 16.6 Å². The summed E-state index contributed by atoms with van der Waals surface area (Å²) in [4.78, 5) is 17.4. The van der Waals surface area contributed by atoms with Gasteiger partial charge in [0.25, 0.3) is 0 Å². The Morgan fingerprint density at radius 1 is 1.32 bits per heavy atom. The first-order chi connectivity index (χ1) is 12.3. The number of hydrogen-bond donors (Lipinski definition) is 0. The van der Waals surface area contributed by atoms with E-state index in [1.807, 2.05) is 41.8 Å². The summed E-state index contributed by atoms with van der Waals surface area (Å²) in [7, 11) is 0. The highest BCUT2D eigenvalue weighted by Crippen LogP contribution is 2.36. The smallest absolute Gasteiger partial charge is 0.342 e. The lowest BCUT2D eigenvalue weighted by Crippen LogP contribution is -2.14. The third-order valence-electron chi connectivity index (χ3n) is 4.58. The third kappa shape index (κ3) is 2.64. The number of benzene rings is 1. The standard InChI is InChI=1S/C21H20N2O2/c1-2-14-25-21(24)19-18(15-8-4-3-5-9-15)16-10-6-7-11-17(16)23-13-12-22-20(19)23/h3-8,10-13,15H,2,9,14H2,1H3. The summed E-state index contributed by atoms with van der Waals surface area (Å²) in [5.74, 6) is -0.150. The second kappa shape index (κ2) is 6.55. The molecule has 2 aromatic heterocycles. The second-order valence-corrected chi connectivity index (χ2v) is 6.22. The Morgan fingerprint density at radius 2 is 2.20 bits per heavy atom. The van der Waals surface area contributed by atoms with Crippen LogP contribution in [0.15, 0.2) is 61.0 Å². The summed E-state index contributed by atoms with van der Waals surface area (Å²) < 4.78 is 7.48. The van der Waals surface area contributed by atoms with Crippen molar-refractivity contribution >= 4 is 22.5 Å². The molecular formula is C21H20N2O2. The SMILES string of the molecule is CCCOC(=O)c1c(C2C=CC=CC2)c2ccccc2n2ccnc12. The van der Waals surface area contributed by atoms with E-state index in [9.17, 15) is 4.79 Å². The second-order valence-electron chi connectivity index (χ2n) is 6.22. The minimum Gasteiger partial charge on any atom is -0.462 e. The normalized spacial score (nSPS) is 16.6. The van der Waals surface area contributed by atoms with E-state index in [2.05, 4.69) is 29.3 Å². The minimum atomic E-state index is -0.290. The van der Waals surface area contributed by atoms with Gasteiger partial charge < -0.3 is 4.74 Å². The zero-order valence-electron chi connectivity index (χ0n) is 14.2. The van der Waals surface area contributed by atoms with Crippen LogP contribution >= 0.6 is 0 Å². The van der Waals surface area contributed by atoms with Crippen LogP contribution in [0.1, 0.15) is 41.6 Å². The molecule has 1 atom stereocenters. The molecule has 25 heavy (non-hydrogen) atoms. The van der Waals surface area contributed by atoms with Gasteiger partial charge in [-0.1, -0.05) is 49.4 Å². The summed E-state index contributed by atoms with van der Waals surface area (Å²) in [6, 6.07) is 8.17. The minimum absolute atomic E-state index is 0.140. The maximum atomic E-state index is 12.9. The molecule has 0 aliphatic heterocycles. The molecule has 0 bridgehead atoms. The molecule has 126 valence electrons. The molecule has 0 spiro atoms. The molecule has 0 saturated heterocycles. The Morgan fingerprint density at radius 3 is 3.00 bits per heavy atom. The van der Waals surface area contributed by atoms with Crippen molar-refractivity contribution in [2.45, 2.75) is 25.7 Å². The van der Waals surface area contributed by atoms with E-state index in [4.69, 9.17) is 4.74 Å². The van der Waals surface area contributed by atoms with E-state index in [-0.39, 0.29) is 11.9 Å². The highest BCUT2D eigenvalue weighted by atomic mass is 16.5. The van der Waals surface area contributed by atoms with E-state index < -0.39 is 0 Å². The number of aromatic nitrogens is 2. The quantitative estimate of drug-likeness (QED) is 0.653. The summed E-state index contributed by atoms with van der Waals surface area (Å²) in [6.07, 6.45) is 13.7. The first kappa shape index (κ1) is 15.6. The monoisotopic (exact) mass is 332 g/mol. The number of nitrogens with zero attached hydrogens (tertiary/aromatic N) is 2. The van der Waals surface area contributed by atoms with Gasteiger partial charge in [-0.05, 0) is 24.5 Å². The number of esters is 1. The molecule has 1 unspecified atom stereocenters. The van der Waals surface area contributed by atoms with Crippen LogP contribution in [0.2, 0.25) is 0 Å². The Labute approximate surface area is 146 Å². The maximum absolute atomic E-state index is 12.9. The molecule has 4 nitrogen and oxygen atoms in total. The first-order valence-corrected chi connectivity index (χ1v) is 8.69. The van der Waals surface area contributed by atoms with E-state index >= 15 is 0 Å². The van der Waals surface area contributed by atoms with Crippen molar-refractivity contribution in [1.82, 2.24) is 9.38 Å². The summed E-state index contributed by atoms with van der Waals surface area (Å²) >= 11 is 0. The van der Waals surface area contributed by atoms with Crippen molar-refractivity contribution in [3.8, 4) is 0 Å².